The van der Waals surface area contributed by atoms with Crippen molar-refractivity contribution >= 4 is 35.5 Å². The van der Waals surface area contributed by atoms with Crippen LogP contribution in [0.15, 0.2) is 49.3 Å². The Balaban J connectivity index is 1.83. The molecule has 48 heavy (non-hydrogen) atoms. The van der Waals surface area contributed by atoms with Crippen molar-refractivity contribution in [2.24, 2.45) is 17.4 Å². The quantitative estimate of drug-likeness (QED) is 0.0690. The number of phenolic OH excluding ortho intramolecular Hbond substituents is 1. The van der Waals surface area contributed by atoms with Crippen LogP contribution in [0.25, 0.3) is 0 Å². The van der Waals surface area contributed by atoms with E-state index in [1.807, 2.05) is 0 Å². The number of carbonyl (C=O) groups is 6. The smallest absolute Gasteiger partial charge is 0.326 e. The third-order valence-corrected chi connectivity index (χ3v) is 7.22. The fourth-order valence-electron chi connectivity index (χ4n) is 4.63. The van der Waals surface area contributed by atoms with Gasteiger partial charge in [-0.2, -0.15) is 0 Å². The van der Waals surface area contributed by atoms with Crippen LogP contribution in [0.1, 0.15) is 37.2 Å². The van der Waals surface area contributed by atoms with E-state index in [2.05, 4.69) is 41.2 Å². The number of H-pyrrole nitrogens is 2. The molecule has 3 aromatic rings. The number of aliphatic carboxylic acids is 1. The van der Waals surface area contributed by atoms with Crippen LogP contribution in [-0.4, -0.2) is 95.9 Å². The summed E-state index contributed by atoms with van der Waals surface area (Å²) in [5.74, 6) is -5.86. The van der Waals surface area contributed by atoms with Gasteiger partial charge in [-0.05, 0) is 23.6 Å². The highest BCUT2D eigenvalue weighted by molar-refractivity contribution is 5.96. The number of carboxylic acid groups (broad SMARTS) is 1. The van der Waals surface area contributed by atoms with Crippen molar-refractivity contribution in [2.75, 3.05) is 0 Å². The Morgan fingerprint density at radius 3 is 1.75 bits per heavy atom. The molecule has 0 saturated carbocycles. The van der Waals surface area contributed by atoms with Crippen molar-refractivity contribution in [3.05, 3.63) is 66.3 Å². The largest absolute Gasteiger partial charge is 0.508 e. The number of imidazole rings is 2. The second-order valence-electron chi connectivity index (χ2n) is 11.5. The SMILES string of the molecule is CC(C)[C@H](NC(=O)[C@H](Cc1cnc[nH]1)NC(=O)[C@H](Cc1ccc(O)cc1)NC(=O)[C@@H](N)CC(N)=O)C(=O)N[C@@H](Cc1cnc[nH]1)C(=O)O. The zero-order chi connectivity index (χ0) is 35.4. The lowest BCUT2D eigenvalue weighted by Gasteiger charge is -2.27. The minimum Gasteiger partial charge on any atom is -0.508 e. The third-order valence-electron chi connectivity index (χ3n) is 7.22. The molecule has 2 aromatic heterocycles. The first-order chi connectivity index (χ1) is 22.7. The summed E-state index contributed by atoms with van der Waals surface area (Å²) in [6.07, 6.45) is 4.84. The van der Waals surface area contributed by atoms with Gasteiger partial charge in [0.1, 0.15) is 29.9 Å². The summed E-state index contributed by atoms with van der Waals surface area (Å²) in [4.78, 5) is 90.1. The summed E-state index contributed by atoms with van der Waals surface area (Å²) in [7, 11) is 0. The Hall–Kier alpha value is -5.78. The zero-order valence-corrected chi connectivity index (χ0v) is 26.3. The number of primary amides is 1. The molecule has 0 saturated heterocycles. The summed E-state index contributed by atoms with van der Waals surface area (Å²) in [5, 5.41) is 29.5. The van der Waals surface area contributed by atoms with E-state index in [9.17, 15) is 39.0 Å². The lowest BCUT2D eigenvalue weighted by atomic mass is 10.0. The number of nitrogens with zero attached hydrogens (tertiary/aromatic N) is 2. The second kappa shape index (κ2) is 17.2. The molecule has 18 heteroatoms. The standard InChI is InChI=1S/C30H40N10O8/c1-15(2)25(29(46)39-23(30(47)48)9-18-12-34-14-36-18)40-28(45)22(8-17-11-33-13-35-17)38-27(44)21(7-16-3-5-19(41)6-4-16)37-26(43)20(31)10-24(32)42/h3-6,11-15,20-23,25,41H,7-10,31H2,1-2H3,(H2,32,42)(H,33,35)(H,34,36)(H,37,43)(H,38,44)(H,39,46)(H,40,45)(H,47,48)/t20-,21-,22-,23-,25-/m0/s1. The normalized spacial score (nSPS) is 14.2. The number of aromatic amines is 2. The Bertz CT molecular complexity index is 1540. The van der Waals surface area contributed by atoms with Crippen molar-refractivity contribution in [1.82, 2.24) is 41.2 Å². The number of aromatic hydroxyl groups is 1. The minimum atomic E-state index is -1.35. The number of benzene rings is 1. The number of aromatic nitrogens is 4. The van der Waals surface area contributed by atoms with Crippen LogP contribution in [0.3, 0.4) is 0 Å². The van der Waals surface area contributed by atoms with Crippen LogP contribution < -0.4 is 32.7 Å². The molecule has 0 bridgehead atoms. The van der Waals surface area contributed by atoms with E-state index < -0.39 is 78.1 Å². The van der Waals surface area contributed by atoms with Crippen molar-refractivity contribution in [3.8, 4) is 5.75 Å². The molecule has 0 fully saturated rings. The Morgan fingerprint density at radius 2 is 1.25 bits per heavy atom. The maximum Gasteiger partial charge on any atom is 0.326 e. The van der Waals surface area contributed by atoms with E-state index in [0.717, 1.165) is 0 Å². The molecule has 0 aliphatic carbocycles. The number of phenols is 1. The van der Waals surface area contributed by atoms with E-state index in [4.69, 9.17) is 11.5 Å². The molecule has 0 radical (unpaired) electrons. The van der Waals surface area contributed by atoms with Crippen LogP contribution >= 0.6 is 0 Å². The number of rotatable bonds is 18. The van der Waals surface area contributed by atoms with Gasteiger partial charge in [-0.3, -0.25) is 24.0 Å². The lowest BCUT2D eigenvalue weighted by molar-refractivity contribution is -0.142. The summed E-state index contributed by atoms with van der Waals surface area (Å²) in [5.41, 5.74) is 12.4. The van der Waals surface area contributed by atoms with Crippen LogP contribution in [-0.2, 0) is 48.0 Å². The average molecular weight is 669 g/mol. The van der Waals surface area contributed by atoms with E-state index in [1.165, 1.54) is 49.3 Å². The number of hydrogen-bond acceptors (Lipinski definition) is 10. The average Bonchev–Trinajstić information content (AvgIpc) is 3.74. The molecule has 18 nitrogen and oxygen atoms in total. The van der Waals surface area contributed by atoms with Gasteiger partial charge >= 0.3 is 5.97 Å². The molecule has 0 unspecified atom stereocenters. The predicted octanol–water partition coefficient (Wildman–Crippen LogP) is -2.25. The number of nitrogens with two attached hydrogens (primary N) is 2. The maximum atomic E-state index is 13.7. The molecule has 5 atom stereocenters. The molecule has 0 aliphatic rings. The summed E-state index contributed by atoms with van der Waals surface area (Å²) >= 11 is 0. The molecule has 258 valence electrons. The van der Waals surface area contributed by atoms with Gasteiger partial charge in [-0.15, -0.1) is 0 Å². The van der Waals surface area contributed by atoms with E-state index >= 15 is 0 Å². The number of amides is 5. The molecule has 1 aromatic carbocycles. The molecule has 5 amide bonds. The van der Waals surface area contributed by atoms with Gasteiger partial charge in [-0.25, -0.2) is 14.8 Å². The first-order valence-electron chi connectivity index (χ1n) is 14.9. The lowest BCUT2D eigenvalue weighted by Crippen LogP contribution is -2.60. The molecular formula is C30H40N10O8. The van der Waals surface area contributed by atoms with Gasteiger partial charge in [0.15, 0.2) is 0 Å². The van der Waals surface area contributed by atoms with Gasteiger partial charge in [0.2, 0.25) is 29.5 Å². The van der Waals surface area contributed by atoms with Gasteiger partial charge in [-0.1, -0.05) is 26.0 Å². The fraction of sp³-hybridized carbons (Fsp3) is 0.400. The molecule has 0 aliphatic heterocycles. The van der Waals surface area contributed by atoms with Crippen molar-refractivity contribution < 1.29 is 39.0 Å². The molecule has 3 rings (SSSR count). The highest BCUT2D eigenvalue weighted by Gasteiger charge is 2.33. The van der Waals surface area contributed by atoms with Gasteiger partial charge < -0.3 is 52.9 Å². The molecular weight excluding hydrogens is 628 g/mol. The highest BCUT2D eigenvalue weighted by Crippen LogP contribution is 2.13. The minimum absolute atomic E-state index is 0.0247. The summed E-state index contributed by atoms with van der Waals surface area (Å²) in [6.45, 7) is 3.30. The zero-order valence-electron chi connectivity index (χ0n) is 26.3. The predicted molar refractivity (Wildman–Crippen MR) is 168 cm³/mol. The number of hydrogen-bond donors (Lipinski definition) is 10. The monoisotopic (exact) mass is 668 g/mol. The van der Waals surface area contributed by atoms with Gasteiger partial charge in [0, 0.05) is 43.0 Å². The van der Waals surface area contributed by atoms with Crippen LogP contribution in [0.4, 0.5) is 0 Å². The number of carbonyl (C=O) groups excluding carboxylic acids is 5. The third kappa shape index (κ3) is 11.2. The molecule has 12 N–H and O–H groups in total. The topological polar surface area (TPSA) is 300 Å². The molecule has 0 spiro atoms. The number of carboxylic acids is 1. The Morgan fingerprint density at radius 1 is 0.750 bits per heavy atom. The second-order valence-corrected chi connectivity index (χ2v) is 11.5. The molecule has 2 heterocycles. The van der Waals surface area contributed by atoms with E-state index in [-0.39, 0.29) is 25.0 Å². The summed E-state index contributed by atoms with van der Waals surface area (Å²) in [6, 6.07) is -0.670. The van der Waals surface area contributed by atoms with E-state index in [0.29, 0.717) is 17.0 Å². The van der Waals surface area contributed by atoms with Gasteiger partial charge in [0.05, 0.1) is 25.1 Å². The maximum absolute atomic E-state index is 13.7. The first kappa shape index (κ1) is 36.7. The Kier molecular flexibility index (Phi) is 13.2. The van der Waals surface area contributed by atoms with Crippen molar-refractivity contribution in [1.29, 1.82) is 0 Å². The Labute approximate surface area is 274 Å². The van der Waals surface area contributed by atoms with E-state index in [1.54, 1.807) is 13.8 Å². The van der Waals surface area contributed by atoms with Gasteiger partial charge in [0.25, 0.3) is 0 Å². The van der Waals surface area contributed by atoms with Crippen molar-refractivity contribution in [3.63, 3.8) is 0 Å². The van der Waals surface area contributed by atoms with Crippen LogP contribution in [0.2, 0.25) is 0 Å². The highest BCUT2D eigenvalue weighted by atomic mass is 16.4. The number of nitrogens with one attached hydrogen (secondary N) is 6. The van der Waals surface area contributed by atoms with Crippen molar-refractivity contribution in [2.45, 2.75) is 69.7 Å². The summed E-state index contributed by atoms with van der Waals surface area (Å²) < 4.78 is 0. The van der Waals surface area contributed by atoms with Crippen LogP contribution in [0.5, 0.6) is 5.75 Å². The van der Waals surface area contributed by atoms with Crippen LogP contribution in [0, 0.1) is 5.92 Å². The fourth-order valence-corrected chi connectivity index (χ4v) is 4.63. The first-order valence-corrected chi connectivity index (χ1v) is 14.9.